The number of ether oxygens (including phenoxy) is 1. The van der Waals surface area contributed by atoms with Gasteiger partial charge in [0.15, 0.2) is 0 Å². The Morgan fingerprint density at radius 2 is 1.71 bits per heavy atom. The van der Waals surface area contributed by atoms with Gasteiger partial charge in [0.2, 0.25) is 5.91 Å². The largest absolute Gasteiger partial charge is 0.444 e. The summed E-state index contributed by atoms with van der Waals surface area (Å²) in [4.78, 5) is 41.5. The molecule has 252 valence electrons. The Kier molecular flexibility index (Phi) is 7.90. The molecule has 3 aliphatic rings. The number of piperidine rings is 1. The number of anilines is 1. The number of sulfone groups is 1. The Bertz CT molecular complexity index is 1990. The Morgan fingerprint density at radius 1 is 1.02 bits per heavy atom. The first-order chi connectivity index (χ1) is 22.7. The summed E-state index contributed by atoms with van der Waals surface area (Å²) in [6.45, 7) is 8.48. The third-order valence-corrected chi connectivity index (χ3v) is 11.8. The number of rotatable bonds is 5. The molecule has 1 atom stereocenters. The number of hydrogen-bond acceptors (Lipinski definition) is 7. The van der Waals surface area contributed by atoms with Crippen molar-refractivity contribution < 1.29 is 22.7 Å². The van der Waals surface area contributed by atoms with Gasteiger partial charge in [0, 0.05) is 49.5 Å². The fraction of sp³-hybridized carbons (Fsp3) is 0.432. The van der Waals surface area contributed by atoms with Crippen molar-refractivity contribution in [3.8, 4) is 22.4 Å². The number of amides is 2. The monoisotopic (exact) mass is 669 g/mol. The lowest BCUT2D eigenvalue weighted by Crippen LogP contribution is -2.43. The summed E-state index contributed by atoms with van der Waals surface area (Å²) in [7, 11) is -1.22. The van der Waals surface area contributed by atoms with Gasteiger partial charge in [-0.2, -0.15) is 0 Å². The van der Waals surface area contributed by atoms with Gasteiger partial charge in [-0.05, 0) is 69.8 Å². The van der Waals surface area contributed by atoms with Gasteiger partial charge in [-0.1, -0.05) is 54.6 Å². The molecule has 1 N–H and O–H groups in total. The number of carbonyl (C=O) groups excluding carboxylic acids is 2. The minimum atomic E-state index is -3.01. The molecule has 2 saturated heterocycles. The third-order valence-electron chi connectivity index (χ3n) is 10.1. The van der Waals surface area contributed by atoms with Gasteiger partial charge in [0.25, 0.3) is 0 Å². The lowest BCUT2D eigenvalue weighted by molar-refractivity contribution is -0.122. The number of likely N-dealkylation sites (N-methyl/N-ethyl adjacent to an activating group) is 1. The molecule has 0 aliphatic carbocycles. The average molecular weight is 670 g/mol. The van der Waals surface area contributed by atoms with Crippen LogP contribution in [0.2, 0.25) is 0 Å². The van der Waals surface area contributed by atoms with Crippen LogP contribution in [0.3, 0.4) is 0 Å². The van der Waals surface area contributed by atoms with E-state index in [0.29, 0.717) is 31.5 Å². The number of nitrogens with zero attached hydrogens (tertiary/aromatic N) is 4. The summed E-state index contributed by atoms with van der Waals surface area (Å²) in [5.41, 5.74) is 5.85. The fourth-order valence-electron chi connectivity index (χ4n) is 7.73. The SMILES string of the molecule is CN1C(=O)C2(CCN(C(=O)OC(C)(C)C)C2)c2c1cnc1[nH]c(-c3ccc(CN4CCC(S(C)(=O)=O)CC4)cc3)c(-c3ccccc3)c21. The van der Waals surface area contributed by atoms with E-state index in [1.54, 1.807) is 23.0 Å². The van der Waals surface area contributed by atoms with E-state index < -0.39 is 26.9 Å². The maximum Gasteiger partial charge on any atom is 0.410 e. The number of fused-ring (bicyclic) bond motifs is 4. The number of H-pyrrole nitrogens is 1. The van der Waals surface area contributed by atoms with Gasteiger partial charge in [-0.25, -0.2) is 18.2 Å². The molecule has 1 unspecified atom stereocenters. The van der Waals surface area contributed by atoms with Crippen molar-refractivity contribution in [2.24, 2.45) is 0 Å². The van der Waals surface area contributed by atoms with Crippen LogP contribution < -0.4 is 4.90 Å². The van der Waals surface area contributed by atoms with Gasteiger partial charge in [-0.3, -0.25) is 9.69 Å². The van der Waals surface area contributed by atoms with Gasteiger partial charge in [0.1, 0.15) is 21.1 Å². The van der Waals surface area contributed by atoms with Crippen LogP contribution in [0.4, 0.5) is 10.5 Å². The normalized spacial score (nSPS) is 20.6. The number of pyridine rings is 1. The topological polar surface area (TPSA) is 116 Å². The Balaban J connectivity index is 1.28. The molecule has 2 amide bonds. The number of aromatic amines is 1. The standard InChI is InChI=1S/C37H43N5O5S/c1-36(2,3)47-35(44)42-20-17-37(23-42)31-28(40(4)34(37)43)21-38-33-30(31)29(25-9-7-6-8-10-25)32(39-33)26-13-11-24(12-14-26)22-41-18-15-27(16-19-41)48(5,45)46/h6-14,21,27H,15-20,22-23H2,1-5H3,(H,38,39). The van der Waals surface area contributed by atoms with Crippen LogP contribution in [0.25, 0.3) is 33.4 Å². The van der Waals surface area contributed by atoms with Crippen LogP contribution >= 0.6 is 0 Å². The number of nitrogens with one attached hydrogen (secondary N) is 1. The Labute approximate surface area is 282 Å². The molecule has 2 aromatic carbocycles. The van der Waals surface area contributed by atoms with Crippen molar-refractivity contribution in [2.45, 2.75) is 62.8 Å². The molecule has 7 rings (SSSR count). The highest BCUT2D eigenvalue weighted by atomic mass is 32.2. The summed E-state index contributed by atoms with van der Waals surface area (Å²) in [6.07, 6.45) is 4.52. The predicted octanol–water partition coefficient (Wildman–Crippen LogP) is 5.76. The number of benzene rings is 2. The summed E-state index contributed by atoms with van der Waals surface area (Å²) < 4.78 is 29.7. The average Bonchev–Trinajstić information content (AvgIpc) is 3.72. The van der Waals surface area contributed by atoms with E-state index in [1.807, 2.05) is 39.0 Å². The van der Waals surface area contributed by atoms with E-state index >= 15 is 0 Å². The highest BCUT2D eigenvalue weighted by Gasteiger charge is 2.56. The molecule has 11 heteroatoms. The lowest BCUT2D eigenvalue weighted by atomic mass is 9.78. The highest BCUT2D eigenvalue weighted by molar-refractivity contribution is 7.91. The first-order valence-electron chi connectivity index (χ1n) is 16.6. The van der Waals surface area contributed by atoms with Gasteiger partial charge < -0.3 is 19.5 Å². The second-order valence-corrected chi connectivity index (χ2v) is 16.9. The van der Waals surface area contributed by atoms with E-state index in [0.717, 1.165) is 64.2 Å². The van der Waals surface area contributed by atoms with E-state index in [4.69, 9.17) is 9.72 Å². The van der Waals surface area contributed by atoms with Crippen LogP contribution in [-0.2, 0) is 31.3 Å². The Hall–Kier alpha value is -4.22. The minimum Gasteiger partial charge on any atom is -0.444 e. The van der Waals surface area contributed by atoms with E-state index in [-0.39, 0.29) is 17.7 Å². The van der Waals surface area contributed by atoms with Crippen LogP contribution in [0.1, 0.15) is 51.2 Å². The van der Waals surface area contributed by atoms with Gasteiger partial charge in [-0.15, -0.1) is 0 Å². The van der Waals surface area contributed by atoms with Crippen molar-refractivity contribution in [3.63, 3.8) is 0 Å². The van der Waals surface area contributed by atoms with Crippen molar-refractivity contribution in [1.29, 1.82) is 0 Å². The summed E-state index contributed by atoms with van der Waals surface area (Å²) in [6, 6.07) is 18.7. The zero-order chi connectivity index (χ0) is 34.0. The summed E-state index contributed by atoms with van der Waals surface area (Å²) in [5, 5.41) is 0.652. The van der Waals surface area contributed by atoms with Crippen molar-refractivity contribution >= 4 is 38.6 Å². The zero-order valence-corrected chi connectivity index (χ0v) is 29.1. The summed E-state index contributed by atoms with van der Waals surface area (Å²) in [5.74, 6) is -0.0375. The first kappa shape index (κ1) is 32.3. The molecule has 10 nitrogen and oxygen atoms in total. The smallest absolute Gasteiger partial charge is 0.410 e. The van der Waals surface area contributed by atoms with Crippen molar-refractivity contribution in [2.75, 3.05) is 44.4 Å². The molecule has 2 fully saturated rings. The first-order valence-corrected chi connectivity index (χ1v) is 18.6. The van der Waals surface area contributed by atoms with Crippen molar-refractivity contribution in [1.82, 2.24) is 19.8 Å². The highest BCUT2D eigenvalue weighted by Crippen LogP contribution is 2.53. The third kappa shape index (κ3) is 5.66. The van der Waals surface area contributed by atoms with Crippen LogP contribution in [-0.4, -0.2) is 90.5 Å². The molecule has 2 aromatic heterocycles. The Morgan fingerprint density at radius 3 is 2.35 bits per heavy atom. The van der Waals surface area contributed by atoms with Gasteiger partial charge in [0.05, 0.1) is 28.2 Å². The summed E-state index contributed by atoms with van der Waals surface area (Å²) >= 11 is 0. The maximum atomic E-state index is 14.2. The van der Waals surface area contributed by atoms with Crippen LogP contribution in [0, 0.1) is 0 Å². The quantitative estimate of drug-likeness (QED) is 0.287. The van der Waals surface area contributed by atoms with Crippen LogP contribution in [0.15, 0.2) is 60.8 Å². The van der Waals surface area contributed by atoms with E-state index in [9.17, 15) is 18.0 Å². The molecule has 0 bridgehead atoms. The predicted molar refractivity (Wildman–Crippen MR) is 188 cm³/mol. The fourth-order valence-corrected chi connectivity index (χ4v) is 8.80. The second kappa shape index (κ2) is 11.7. The van der Waals surface area contributed by atoms with Crippen LogP contribution in [0.5, 0.6) is 0 Å². The van der Waals surface area contributed by atoms with E-state index in [1.165, 1.54) is 6.26 Å². The molecule has 1 spiro atoms. The maximum absolute atomic E-state index is 14.2. The molecule has 4 aromatic rings. The number of carbonyl (C=O) groups is 2. The van der Waals surface area contributed by atoms with E-state index in [2.05, 4.69) is 46.3 Å². The van der Waals surface area contributed by atoms with Crippen molar-refractivity contribution in [3.05, 3.63) is 71.9 Å². The minimum absolute atomic E-state index is 0.0375. The molecule has 0 radical (unpaired) electrons. The molecular weight excluding hydrogens is 627 g/mol. The molecule has 5 heterocycles. The molecule has 3 aliphatic heterocycles. The number of hydrogen-bond donors (Lipinski definition) is 1. The zero-order valence-electron chi connectivity index (χ0n) is 28.2. The second-order valence-electron chi connectivity index (χ2n) is 14.6. The number of aromatic nitrogens is 2. The number of likely N-dealkylation sites (tertiary alicyclic amines) is 2. The molecule has 0 saturated carbocycles. The molecular formula is C37H43N5O5S. The lowest BCUT2D eigenvalue weighted by Gasteiger charge is -2.31. The molecule has 48 heavy (non-hydrogen) atoms. The van der Waals surface area contributed by atoms with Gasteiger partial charge >= 0.3 is 6.09 Å².